The van der Waals surface area contributed by atoms with Crippen molar-refractivity contribution >= 4 is 23.3 Å². The number of nitrogens with two attached hydrogens (primary N) is 1. The molecule has 2 aliphatic rings. The minimum absolute atomic E-state index is 0.0443. The molecule has 1 amide bonds. The smallest absolute Gasteiger partial charge is 0.224 e. The molecule has 1 saturated heterocycles. The van der Waals surface area contributed by atoms with Crippen molar-refractivity contribution < 1.29 is 4.79 Å². The summed E-state index contributed by atoms with van der Waals surface area (Å²) in [6.07, 6.45) is 3.63. The van der Waals surface area contributed by atoms with Crippen molar-refractivity contribution in [3.63, 3.8) is 0 Å². The molecule has 1 fully saturated rings. The Morgan fingerprint density at radius 2 is 1.90 bits per heavy atom. The van der Waals surface area contributed by atoms with Crippen LogP contribution in [0.25, 0.3) is 0 Å². The van der Waals surface area contributed by atoms with Gasteiger partial charge in [-0.25, -0.2) is 9.97 Å². The van der Waals surface area contributed by atoms with Crippen molar-refractivity contribution in [1.29, 1.82) is 0 Å². The molecule has 2 aliphatic heterocycles. The summed E-state index contributed by atoms with van der Waals surface area (Å²) in [4.78, 5) is 25.1. The van der Waals surface area contributed by atoms with E-state index in [0.29, 0.717) is 5.28 Å². The van der Waals surface area contributed by atoms with E-state index in [4.69, 9.17) is 17.3 Å². The molecular weight excluding hydrogens is 412 g/mol. The first kappa shape index (κ1) is 22.0. The Morgan fingerprint density at radius 1 is 1.13 bits per heavy atom. The molecule has 0 aliphatic carbocycles. The highest BCUT2D eigenvalue weighted by Crippen LogP contribution is 2.26. The maximum Gasteiger partial charge on any atom is 0.224 e. The van der Waals surface area contributed by atoms with Crippen molar-refractivity contribution in [3.05, 3.63) is 52.4 Å². The summed E-state index contributed by atoms with van der Waals surface area (Å²) in [5.41, 5.74) is 8.96. The molecule has 3 N–H and O–H groups in total. The van der Waals surface area contributed by atoms with E-state index in [2.05, 4.69) is 49.4 Å². The van der Waals surface area contributed by atoms with Gasteiger partial charge < -0.3 is 16.0 Å². The van der Waals surface area contributed by atoms with Gasteiger partial charge in [0, 0.05) is 44.1 Å². The molecule has 4 rings (SSSR count). The number of aromatic nitrogens is 2. The van der Waals surface area contributed by atoms with Crippen LogP contribution in [-0.2, 0) is 24.3 Å². The molecule has 3 heterocycles. The highest BCUT2D eigenvalue weighted by molar-refractivity contribution is 6.28. The first-order valence-corrected chi connectivity index (χ1v) is 11.5. The predicted octanol–water partition coefficient (Wildman–Crippen LogP) is 2.69. The molecule has 166 valence electrons. The number of fused-ring (bicyclic) bond motifs is 1. The molecule has 0 saturated carbocycles. The van der Waals surface area contributed by atoms with E-state index in [1.807, 2.05) is 6.07 Å². The SMILES string of the molecule is NC(=O)C1CCN(CCCNc2nc(Cl)nc3c2CN(Cc2ccccc2)CC3)CC1. The maximum atomic E-state index is 11.3. The van der Waals surface area contributed by atoms with E-state index >= 15 is 0 Å². The van der Waals surface area contributed by atoms with Gasteiger partial charge in [0.1, 0.15) is 5.82 Å². The number of hydrogen-bond donors (Lipinski definition) is 2. The van der Waals surface area contributed by atoms with E-state index in [0.717, 1.165) is 88.6 Å². The molecular formula is C23H31ClN6O. The van der Waals surface area contributed by atoms with Gasteiger partial charge in [-0.3, -0.25) is 9.69 Å². The monoisotopic (exact) mass is 442 g/mol. The number of carbonyl (C=O) groups excluding carboxylic acids is 1. The van der Waals surface area contributed by atoms with Gasteiger partial charge in [0.05, 0.1) is 5.69 Å². The second-order valence-electron chi connectivity index (χ2n) is 8.51. The molecule has 0 spiro atoms. The zero-order valence-electron chi connectivity index (χ0n) is 17.9. The fourth-order valence-electron chi connectivity index (χ4n) is 4.51. The van der Waals surface area contributed by atoms with Crippen LogP contribution in [-0.4, -0.2) is 58.4 Å². The van der Waals surface area contributed by atoms with Crippen LogP contribution in [0.2, 0.25) is 5.28 Å². The molecule has 0 unspecified atom stereocenters. The standard InChI is InChI=1S/C23H31ClN6O/c24-23-27-20-9-14-30(15-17-5-2-1-3-6-17)16-19(20)22(28-23)26-10-4-11-29-12-7-18(8-13-29)21(25)31/h1-3,5-6,18H,4,7-16H2,(H2,25,31)(H,26,27,28). The number of nitrogens with zero attached hydrogens (tertiary/aromatic N) is 4. The Balaban J connectivity index is 1.30. The molecule has 0 atom stereocenters. The van der Waals surface area contributed by atoms with Gasteiger partial charge in [-0.1, -0.05) is 30.3 Å². The summed E-state index contributed by atoms with van der Waals surface area (Å²) in [7, 11) is 0. The zero-order chi connectivity index (χ0) is 21.6. The summed E-state index contributed by atoms with van der Waals surface area (Å²) in [5, 5.41) is 3.81. The normalized spacial score (nSPS) is 18.0. The number of halogens is 1. The van der Waals surface area contributed by atoms with E-state index in [-0.39, 0.29) is 11.8 Å². The number of piperidine rings is 1. The number of nitrogens with one attached hydrogen (secondary N) is 1. The Bertz CT molecular complexity index is 885. The van der Waals surface area contributed by atoms with Gasteiger partial charge in [-0.2, -0.15) is 0 Å². The summed E-state index contributed by atoms with van der Waals surface area (Å²) in [5.74, 6) is 0.746. The quantitative estimate of drug-likeness (QED) is 0.482. The van der Waals surface area contributed by atoms with Crippen molar-refractivity contribution in [2.75, 3.05) is 38.0 Å². The summed E-state index contributed by atoms with van der Waals surface area (Å²) in [6.45, 7) is 6.42. The third-order valence-electron chi connectivity index (χ3n) is 6.29. The molecule has 1 aromatic carbocycles. The fraction of sp³-hybridized carbons (Fsp3) is 0.522. The number of hydrogen-bond acceptors (Lipinski definition) is 6. The Morgan fingerprint density at radius 3 is 2.65 bits per heavy atom. The lowest BCUT2D eigenvalue weighted by Gasteiger charge is -2.31. The van der Waals surface area contributed by atoms with Crippen LogP contribution in [0.3, 0.4) is 0 Å². The number of rotatable bonds is 8. The fourth-order valence-corrected chi connectivity index (χ4v) is 4.70. The number of anilines is 1. The Labute approximate surface area is 189 Å². The van der Waals surface area contributed by atoms with Crippen LogP contribution in [0, 0.1) is 5.92 Å². The maximum absolute atomic E-state index is 11.3. The van der Waals surface area contributed by atoms with Crippen molar-refractivity contribution in [3.8, 4) is 0 Å². The highest BCUT2D eigenvalue weighted by atomic mass is 35.5. The average molecular weight is 443 g/mol. The topological polar surface area (TPSA) is 87.4 Å². The predicted molar refractivity (Wildman–Crippen MR) is 123 cm³/mol. The largest absolute Gasteiger partial charge is 0.370 e. The van der Waals surface area contributed by atoms with Crippen LogP contribution < -0.4 is 11.1 Å². The summed E-state index contributed by atoms with van der Waals surface area (Å²) < 4.78 is 0. The number of amides is 1. The third-order valence-corrected chi connectivity index (χ3v) is 6.46. The van der Waals surface area contributed by atoms with E-state index in [1.54, 1.807) is 0 Å². The first-order valence-electron chi connectivity index (χ1n) is 11.2. The molecule has 2 aromatic rings. The molecule has 7 nitrogen and oxygen atoms in total. The highest BCUT2D eigenvalue weighted by Gasteiger charge is 2.24. The van der Waals surface area contributed by atoms with Crippen LogP contribution >= 0.6 is 11.6 Å². The number of benzene rings is 1. The molecule has 8 heteroatoms. The molecule has 0 radical (unpaired) electrons. The Kier molecular flexibility index (Phi) is 7.37. The van der Waals surface area contributed by atoms with E-state index in [9.17, 15) is 4.79 Å². The summed E-state index contributed by atoms with van der Waals surface area (Å²) >= 11 is 6.20. The average Bonchev–Trinajstić information content (AvgIpc) is 2.78. The number of primary amides is 1. The van der Waals surface area contributed by atoms with Crippen molar-refractivity contribution in [1.82, 2.24) is 19.8 Å². The second kappa shape index (κ2) is 10.4. The van der Waals surface area contributed by atoms with Gasteiger partial charge in [0.15, 0.2) is 0 Å². The second-order valence-corrected chi connectivity index (χ2v) is 8.85. The van der Waals surface area contributed by atoms with Gasteiger partial charge in [-0.05, 0) is 56.1 Å². The van der Waals surface area contributed by atoms with Crippen LogP contribution in [0.5, 0.6) is 0 Å². The Hall–Kier alpha value is -2.22. The van der Waals surface area contributed by atoms with Gasteiger partial charge in [0.2, 0.25) is 11.2 Å². The van der Waals surface area contributed by atoms with Gasteiger partial charge in [-0.15, -0.1) is 0 Å². The van der Waals surface area contributed by atoms with Gasteiger partial charge in [0.25, 0.3) is 0 Å². The van der Waals surface area contributed by atoms with E-state index in [1.165, 1.54) is 5.56 Å². The minimum atomic E-state index is -0.159. The number of likely N-dealkylation sites (tertiary alicyclic amines) is 1. The lowest BCUT2D eigenvalue weighted by Crippen LogP contribution is -2.39. The minimum Gasteiger partial charge on any atom is -0.370 e. The lowest BCUT2D eigenvalue weighted by molar-refractivity contribution is -0.123. The summed E-state index contributed by atoms with van der Waals surface area (Å²) in [6, 6.07) is 10.5. The first-order chi connectivity index (χ1) is 15.1. The van der Waals surface area contributed by atoms with Crippen molar-refractivity contribution in [2.24, 2.45) is 11.7 Å². The van der Waals surface area contributed by atoms with Crippen LogP contribution in [0.4, 0.5) is 5.82 Å². The van der Waals surface area contributed by atoms with Crippen molar-refractivity contribution in [2.45, 2.75) is 38.8 Å². The van der Waals surface area contributed by atoms with Crippen LogP contribution in [0.15, 0.2) is 30.3 Å². The van der Waals surface area contributed by atoms with Gasteiger partial charge >= 0.3 is 0 Å². The molecule has 0 bridgehead atoms. The van der Waals surface area contributed by atoms with E-state index < -0.39 is 0 Å². The number of carbonyl (C=O) groups is 1. The third kappa shape index (κ3) is 5.93. The molecule has 1 aromatic heterocycles. The zero-order valence-corrected chi connectivity index (χ0v) is 18.7. The lowest BCUT2D eigenvalue weighted by atomic mass is 9.96. The van der Waals surface area contributed by atoms with Crippen LogP contribution in [0.1, 0.15) is 36.1 Å². The molecule has 31 heavy (non-hydrogen) atoms.